The van der Waals surface area contributed by atoms with Crippen molar-refractivity contribution in [2.75, 3.05) is 0 Å². The summed E-state index contributed by atoms with van der Waals surface area (Å²) in [5, 5.41) is 0. The highest BCUT2D eigenvalue weighted by Gasteiger charge is 2.13. The van der Waals surface area contributed by atoms with Crippen LogP contribution in [0.5, 0.6) is 0 Å². The molecule has 0 aliphatic carbocycles. The molecule has 0 fully saturated rings. The Balaban J connectivity index is 1.08. The van der Waals surface area contributed by atoms with Crippen LogP contribution >= 0.6 is 0 Å². The van der Waals surface area contributed by atoms with E-state index in [1.54, 1.807) is 6.20 Å². The average Bonchev–Trinajstić information content (AvgIpc) is 3.19. The molecule has 0 atom stereocenters. The minimum absolute atomic E-state index is 0.639. The molecular weight excluding hydrogens is 585 g/mol. The Morgan fingerprint density at radius 2 is 0.604 bits per heavy atom. The maximum Gasteiger partial charge on any atom is 0.164 e. The summed E-state index contributed by atoms with van der Waals surface area (Å²) >= 11 is 0. The zero-order valence-corrected chi connectivity index (χ0v) is 26.1. The molecule has 226 valence electrons. The number of benzene rings is 6. The van der Waals surface area contributed by atoms with Gasteiger partial charge in [0.05, 0.1) is 0 Å². The highest BCUT2D eigenvalue weighted by atomic mass is 15.0. The third-order valence-electron chi connectivity index (χ3n) is 8.47. The molecule has 6 aromatic carbocycles. The largest absolute Gasteiger partial charge is 0.264 e. The van der Waals surface area contributed by atoms with Gasteiger partial charge in [0.2, 0.25) is 0 Å². The van der Waals surface area contributed by atoms with Gasteiger partial charge < -0.3 is 0 Å². The van der Waals surface area contributed by atoms with Crippen molar-refractivity contribution in [1.29, 1.82) is 0 Å². The van der Waals surface area contributed by atoms with E-state index in [0.717, 1.165) is 50.1 Å². The van der Waals surface area contributed by atoms with E-state index >= 15 is 0 Å². The summed E-state index contributed by atoms with van der Waals surface area (Å²) in [5.74, 6) is 1.93. The van der Waals surface area contributed by atoms with Gasteiger partial charge in [-0.05, 0) is 56.6 Å². The van der Waals surface area contributed by atoms with Crippen molar-refractivity contribution in [3.8, 4) is 78.7 Å². The Bertz CT molecular complexity index is 2280. The zero-order chi connectivity index (χ0) is 32.1. The molecule has 4 heteroatoms. The number of hydrogen-bond donors (Lipinski definition) is 0. The number of rotatable bonds is 7. The molecule has 8 rings (SSSR count). The molecule has 0 unspecified atom stereocenters. The Labute approximate surface area is 280 Å². The van der Waals surface area contributed by atoms with Gasteiger partial charge in [0.1, 0.15) is 0 Å². The van der Waals surface area contributed by atoms with Gasteiger partial charge in [0.25, 0.3) is 0 Å². The first-order valence-corrected chi connectivity index (χ1v) is 16.0. The third-order valence-corrected chi connectivity index (χ3v) is 8.47. The van der Waals surface area contributed by atoms with Crippen LogP contribution in [0.3, 0.4) is 0 Å². The van der Waals surface area contributed by atoms with Crippen LogP contribution in [-0.4, -0.2) is 19.9 Å². The molecule has 0 aliphatic heterocycles. The fraction of sp³-hybridized carbons (Fsp3) is 0. The van der Waals surface area contributed by atoms with Gasteiger partial charge in [-0.25, -0.2) is 15.0 Å². The Morgan fingerprint density at radius 1 is 0.250 bits per heavy atom. The summed E-state index contributed by atoms with van der Waals surface area (Å²) in [7, 11) is 0. The molecule has 48 heavy (non-hydrogen) atoms. The van der Waals surface area contributed by atoms with Crippen molar-refractivity contribution < 1.29 is 0 Å². The molecule has 0 amide bonds. The molecular formula is C44H30N4. The van der Waals surface area contributed by atoms with Crippen LogP contribution in [0.25, 0.3) is 78.7 Å². The van der Waals surface area contributed by atoms with Crippen LogP contribution in [0.2, 0.25) is 0 Å². The number of aromatic nitrogens is 4. The van der Waals surface area contributed by atoms with Crippen LogP contribution in [0.4, 0.5) is 0 Å². The smallest absolute Gasteiger partial charge is 0.164 e. The van der Waals surface area contributed by atoms with E-state index in [0.29, 0.717) is 17.5 Å². The van der Waals surface area contributed by atoms with E-state index in [1.807, 2.05) is 48.7 Å². The van der Waals surface area contributed by atoms with E-state index in [9.17, 15) is 0 Å². The van der Waals surface area contributed by atoms with E-state index in [4.69, 9.17) is 15.0 Å². The fourth-order valence-corrected chi connectivity index (χ4v) is 5.87. The number of pyridine rings is 1. The first-order valence-electron chi connectivity index (χ1n) is 16.0. The van der Waals surface area contributed by atoms with Crippen molar-refractivity contribution in [3.05, 3.63) is 182 Å². The highest BCUT2D eigenvalue weighted by molar-refractivity contribution is 5.76. The third kappa shape index (κ3) is 6.15. The lowest BCUT2D eigenvalue weighted by atomic mass is 9.98. The summed E-state index contributed by atoms with van der Waals surface area (Å²) in [6.45, 7) is 0. The molecule has 0 N–H and O–H groups in total. The van der Waals surface area contributed by atoms with Gasteiger partial charge in [0, 0.05) is 29.1 Å². The summed E-state index contributed by atoms with van der Waals surface area (Å²) < 4.78 is 0. The fourth-order valence-electron chi connectivity index (χ4n) is 5.87. The quantitative estimate of drug-likeness (QED) is 0.179. The van der Waals surface area contributed by atoms with Crippen molar-refractivity contribution in [1.82, 2.24) is 19.9 Å². The van der Waals surface area contributed by atoms with Gasteiger partial charge in [-0.2, -0.15) is 0 Å². The van der Waals surface area contributed by atoms with Gasteiger partial charge in [0.15, 0.2) is 17.5 Å². The van der Waals surface area contributed by atoms with Gasteiger partial charge >= 0.3 is 0 Å². The van der Waals surface area contributed by atoms with Gasteiger partial charge in [-0.1, -0.05) is 158 Å². The highest BCUT2D eigenvalue weighted by Crippen LogP contribution is 2.31. The normalized spacial score (nSPS) is 10.9. The molecule has 8 aromatic rings. The summed E-state index contributed by atoms with van der Waals surface area (Å²) in [6, 6.07) is 58.6. The number of nitrogens with zero attached hydrogens (tertiary/aromatic N) is 4. The maximum atomic E-state index is 4.98. The Morgan fingerprint density at radius 3 is 1.10 bits per heavy atom. The van der Waals surface area contributed by atoms with E-state index in [1.165, 1.54) is 11.1 Å². The van der Waals surface area contributed by atoms with E-state index in [2.05, 4.69) is 132 Å². The Hall–Kier alpha value is -6.52. The second-order valence-corrected chi connectivity index (χ2v) is 11.6. The molecule has 0 aliphatic rings. The Kier molecular flexibility index (Phi) is 7.87. The minimum Gasteiger partial charge on any atom is -0.264 e. The molecule has 0 radical (unpaired) electrons. The lowest BCUT2D eigenvalue weighted by Gasteiger charge is -2.10. The van der Waals surface area contributed by atoms with E-state index < -0.39 is 0 Å². The van der Waals surface area contributed by atoms with Crippen LogP contribution < -0.4 is 0 Å². The van der Waals surface area contributed by atoms with Gasteiger partial charge in [-0.15, -0.1) is 0 Å². The lowest BCUT2D eigenvalue weighted by molar-refractivity contribution is 1.07. The molecule has 0 spiro atoms. The van der Waals surface area contributed by atoms with Crippen LogP contribution in [0.1, 0.15) is 0 Å². The van der Waals surface area contributed by atoms with Crippen molar-refractivity contribution >= 4 is 0 Å². The molecule has 2 aromatic heterocycles. The SMILES string of the molecule is c1ccc(-c2cccc(-c3nc(-c4ccccc4)nc(-c4ccc(-c5ccc(-c6ccc(-c7cccnc7)cc6)cc5)cc4)n3)c2)cc1. The molecule has 0 saturated carbocycles. The first-order chi connectivity index (χ1) is 23.8. The van der Waals surface area contributed by atoms with E-state index in [-0.39, 0.29) is 0 Å². The first kappa shape index (κ1) is 28.9. The second-order valence-electron chi connectivity index (χ2n) is 11.6. The molecule has 0 saturated heterocycles. The van der Waals surface area contributed by atoms with Crippen molar-refractivity contribution in [3.63, 3.8) is 0 Å². The molecule has 0 bridgehead atoms. The van der Waals surface area contributed by atoms with Crippen molar-refractivity contribution in [2.24, 2.45) is 0 Å². The molecule has 4 nitrogen and oxygen atoms in total. The van der Waals surface area contributed by atoms with Crippen LogP contribution in [0.15, 0.2) is 182 Å². The molecule has 2 heterocycles. The summed E-state index contributed by atoms with van der Waals surface area (Å²) in [4.78, 5) is 19.1. The summed E-state index contributed by atoms with van der Waals surface area (Å²) in [5.41, 5.74) is 12.0. The predicted octanol–water partition coefficient (Wildman–Crippen LogP) is 10.9. The predicted molar refractivity (Wildman–Crippen MR) is 196 cm³/mol. The van der Waals surface area contributed by atoms with Crippen LogP contribution in [0, 0.1) is 0 Å². The van der Waals surface area contributed by atoms with Gasteiger partial charge in [-0.3, -0.25) is 4.98 Å². The second kappa shape index (κ2) is 13.1. The van der Waals surface area contributed by atoms with Crippen molar-refractivity contribution in [2.45, 2.75) is 0 Å². The minimum atomic E-state index is 0.639. The maximum absolute atomic E-state index is 4.98. The topological polar surface area (TPSA) is 51.6 Å². The summed E-state index contributed by atoms with van der Waals surface area (Å²) in [6.07, 6.45) is 3.69. The monoisotopic (exact) mass is 614 g/mol. The van der Waals surface area contributed by atoms with Crippen LogP contribution in [-0.2, 0) is 0 Å². The standard InChI is InChI=1S/C44H30N4/c1-3-9-31(10-4-1)39-13-7-14-40(29-39)44-47-42(37-11-5-2-6-12-37)46-43(48-44)38-26-24-35(25-27-38)33-18-16-32(17-19-33)34-20-22-36(23-21-34)41-15-8-28-45-30-41/h1-30H. The lowest BCUT2D eigenvalue weighted by Crippen LogP contribution is -2.00. The zero-order valence-electron chi connectivity index (χ0n) is 26.1. The average molecular weight is 615 g/mol. The number of hydrogen-bond acceptors (Lipinski definition) is 4.